The van der Waals surface area contributed by atoms with Crippen LogP contribution in [0.1, 0.15) is 0 Å². The molecular weight excluding hydrogens is 228 g/mol. The molecule has 7 nitrogen and oxygen atoms in total. The number of ether oxygens (including phenoxy) is 2. The molecule has 0 aliphatic rings. The lowest BCUT2D eigenvalue weighted by molar-refractivity contribution is -0.385. The number of amides is 1. The number of nitro benzene ring substituents is 1. The van der Waals surface area contributed by atoms with Gasteiger partial charge in [0, 0.05) is 13.1 Å². The Kier molecular flexibility index (Phi) is 4.27. The van der Waals surface area contributed by atoms with Crippen molar-refractivity contribution in [3.8, 4) is 11.5 Å². The first kappa shape index (κ1) is 12.8. The number of non-ortho nitro benzene ring substituents is 1. The summed E-state index contributed by atoms with van der Waals surface area (Å²) in [6.45, 7) is -0.228. The molecule has 0 radical (unpaired) electrons. The molecule has 0 atom stereocenters. The van der Waals surface area contributed by atoms with Crippen molar-refractivity contribution in [2.45, 2.75) is 0 Å². The van der Waals surface area contributed by atoms with Crippen LogP contribution in [0.2, 0.25) is 0 Å². The number of hydrogen-bond donors (Lipinski definition) is 1. The van der Waals surface area contributed by atoms with Crippen LogP contribution < -0.4 is 14.8 Å². The molecule has 0 aromatic heterocycles. The summed E-state index contributed by atoms with van der Waals surface area (Å²) < 4.78 is 10.1. The van der Waals surface area contributed by atoms with Crippen molar-refractivity contribution in [3.63, 3.8) is 0 Å². The zero-order valence-corrected chi connectivity index (χ0v) is 9.43. The second-order valence-corrected chi connectivity index (χ2v) is 3.05. The molecule has 1 amide bonds. The quantitative estimate of drug-likeness (QED) is 0.605. The van der Waals surface area contributed by atoms with Crippen molar-refractivity contribution in [2.24, 2.45) is 0 Å². The summed E-state index contributed by atoms with van der Waals surface area (Å²) in [5.74, 6) is 0.156. The Hall–Kier alpha value is -2.31. The van der Waals surface area contributed by atoms with E-state index in [1.165, 1.54) is 32.4 Å². The minimum Gasteiger partial charge on any atom is -0.493 e. The maximum atomic E-state index is 11.0. The van der Waals surface area contributed by atoms with Gasteiger partial charge in [-0.05, 0) is 6.07 Å². The molecule has 0 aliphatic carbocycles. The molecule has 1 aromatic carbocycles. The van der Waals surface area contributed by atoms with Gasteiger partial charge < -0.3 is 14.8 Å². The largest absolute Gasteiger partial charge is 0.493 e. The summed E-state index contributed by atoms with van der Waals surface area (Å²) in [5, 5.41) is 12.9. The lowest BCUT2D eigenvalue weighted by Crippen LogP contribution is -2.24. The molecule has 0 aliphatic heterocycles. The molecule has 0 spiro atoms. The zero-order valence-electron chi connectivity index (χ0n) is 9.43. The highest BCUT2D eigenvalue weighted by atomic mass is 16.6. The van der Waals surface area contributed by atoms with Crippen LogP contribution in [0.15, 0.2) is 18.2 Å². The molecule has 0 saturated heterocycles. The van der Waals surface area contributed by atoms with E-state index in [1.807, 2.05) is 0 Å². The van der Waals surface area contributed by atoms with E-state index in [2.05, 4.69) is 5.32 Å². The third kappa shape index (κ3) is 3.33. The average Bonchev–Trinajstić information content (AvgIpc) is 2.35. The SMILES string of the molecule is CNC(=O)COc1cc([N+](=O)[O-])ccc1OC. The fourth-order valence-electron chi connectivity index (χ4n) is 1.11. The van der Waals surface area contributed by atoms with Gasteiger partial charge in [-0.1, -0.05) is 0 Å². The molecule has 1 N–H and O–H groups in total. The van der Waals surface area contributed by atoms with E-state index in [1.54, 1.807) is 0 Å². The molecule has 1 rings (SSSR count). The van der Waals surface area contributed by atoms with Gasteiger partial charge in [-0.3, -0.25) is 14.9 Å². The van der Waals surface area contributed by atoms with Gasteiger partial charge in [-0.25, -0.2) is 0 Å². The Bertz CT molecular complexity index is 433. The van der Waals surface area contributed by atoms with Gasteiger partial charge in [-0.15, -0.1) is 0 Å². The molecule has 7 heteroatoms. The van der Waals surface area contributed by atoms with Gasteiger partial charge in [-0.2, -0.15) is 0 Å². The van der Waals surface area contributed by atoms with E-state index in [9.17, 15) is 14.9 Å². The number of likely N-dealkylation sites (N-methyl/N-ethyl adjacent to an activating group) is 1. The topological polar surface area (TPSA) is 90.7 Å². The number of nitro groups is 1. The van der Waals surface area contributed by atoms with Gasteiger partial charge in [0.05, 0.1) is 18.1 Å². The van der Waals surface area contributed by atoms with Gasteiger partial charge in [0.15, 0.2) is 18.1 Å². The highest BCUT2D eigenvalue weighted by Gasteiger charge is 2.13. The van der Waals surface area contributed by atoms with E-state index in [4.69, 9.17) is 9.47 Å². The summed E-state index contributed by atoms with van der Waals surface area (Å²) in [6, 6.07) is 3.92. The van der Waals surface area contributed by atoms with Crippen LogP contribution in [0.4, 0.5) is 5.69 Å². The normalized spacial score (nSPS) is 9.53. The lowest BCUT2D eigenvalue weighted by atomic mass is 10.3. The summed E-state index contributed by atoms with van der Waals surface area (Å²) in [6.07, 6.45) is 0. The molecule has 0 heterocycles. The van der Waals surface area contributed by atoms with Crippen molar-refractivity contribution in [2.75, 3.05) is 20.8 Å². The van der Waals surface area contributed by atoms with E-state index in [0.29, 0.717) is 5.75 Å². The highest BCUT2D eigenvalue weighted by Crippen LogP contribution is 2.30. The third-order valence-electron chi connectivity index (χ3n) is 2.00. The summed E-state index contributed by atoms with van der Waals surface area (Å²) in [5.41, 5.74) is -0.127. The number of carbonyl (C=O) groups excluding carboxylic acids is 1. The standard InChI is InChI=1S/C10H12N2O5/c1-11-10(13)6-17-9-5-7(12(14)15)3-4-8(9)16-2/h3-5H,6H2,1-2H3,(H,11,13). The Morgan fingerprint density at radius 3 is 2.71 bits per heavy atom. The van der Waals surface area contributed by atoms with Crippen LogP contribution in [0.25, 0.3) is 0 Å². The fraction of sp³-hybridized carbons (Fsp3) is 0.300. The number of rotatable bonds is 5. The maximum absolute atomic E-state index is 11.0. The third-order valence-corrected chi connectivity index (χ3v) is 2.00. The van der Waals surface area contributed by atoms with Gasteiger partial charge in [0.2, 0.25) is 0 Å². The summed E-state index contributed by atoms with van der Waals surface area (Å²) >= 11 is 0. The van der Waals surface area contributed by atoms with Crippen LogP contribution in [0.5, 0.6) is 11.5 Å². The average molecular weight is 240 g/mol. The van der Waals surface area contributed by atoms with Crippen molar-refractivity contribution in [1.82, 2.24) is 5.32 Å². The van der Waals surface area contributed by atoms with Crippen molar-refractivity contribution >= 4 is 11.6 Å². The van der Waals surface area contributed by atoms with Crippen LogP contribution in [-0.2, 0) is 4.79 Å². The predicted molar refractivity (Wildman–Crippen MR) is 59.2 cm³/mol. The van der Waals surface area contributed by atoms with E-state index in [-0.39, 0.29) is 24.0 Å². The van der Waals surface area contributed by atoms with Gasteiger partial charge in [0.25, 0.3) is 11.6 Å². The maximum Gasteiger partial charge on any atom is 0.273 e. The van der Waals surface area contributed by atoms with Crippen molar-refractivity contribution in [1.29, 1.82) is 0 Å². The Labute approximate surface area is 97.5 Å². The minimum absolute atomic E-state index is 0.127. The number of benzene rings is 1. The van der Waals surface area contributed by atoms with Crippen LogP contribution in [-0.4, -0.2) is 31.6 Å². The number of methoxy groups -OCH3 is 1. The molecular formula is C10H12N2O5. The number of hydrogen-bond acceptors (Lipinski definition) is 5. The molecule has 0 unspecified atom stereocenters. The zero-order chi connectivity index (χ0) is 12.8. The van der Waals surface area contributed by atoms with Gasteiger partial charge >= 0.3 is 0 Å². The number of nitrogens with one attached hydrogen (secondary N) is 1. The van der Waals surface area contributed by atoms with E-state index >= 15 is 0 Å². The van der Waals surface area contributed by atoms with Crippen LogP contribution >= 0.6 is 0 Å². The second kappa shape index (κ2) is 5.69. The van der Waals surface area contributed by atoms with Crippen molar-refractivity contribution in [3.05, 3.63) is 28.3 Å². The fourth-order valence-corrected chi connectivity index (χ4v) is 1.11. The van der Waals surface area contributed by atoms with Crippen molar-refractivity contribution < 1.29 is 19.2 Å². The molecule has 0 fully saturated rings. The molecule has 0 bridgehead atoms. The molecule has 92 valence electrons. The monoisotopic (exact) mass is 240 g/mol. The smallest absolute Gasteiger partial charge is 0.273 e. The first-order chi connectivity index (χ1) is 8.08. The summed E-state index contributed by atoms with van der Waals surface area (Å²) in [4.78, 5) is 21.0. The Morgan fingerprint density at radius 2 is 2.18 bits per heavy atom. The summed E-state index contributed by atoms with van der Waals surface area (Å²) in [7, 11) is 2.88. The first-order valence-electron chi connectivity index (χ1n) is 4.74. The minimum atomic E-state index is -0.549. The van der Waals surface area contributed by atoms with E-state index in [0.717, 1.165) is 0 Å². The van der Waals surface area contributed by atoms with Gasteiger partial charge in [0.1, 0.15) is 0 Å². The molecule has 1 aromatic rings. The van der Waals surface area contributed by atoms with Crippen LogP contribution in [0.3, 0.4) is 0 Å². The predicted octanol–water partition coefficient (Wildman–Crippen LogP) is 0.728. The molecule has 0 saturated carbocycles. The molecule has 17 heavy (non-hydrogen) atoms. The second-order valence-electron chi connectivity index (χ2n) is 3.05. The van der Waals surface area contributed by atoms with E-state index < -0.39 is 4.92 Å². The Morgan fingerprint density at radius 1 is 1.47 bits per heavy atom. The Balaban J connectivity index is 2.90. The highest BCUT2D eigenvalue weighted by molar-refractivity contribution is 5.77. The van der Waals surface area contributed by atoms with Crippen LogP contribution in [0, 0.1) is 10.1 Å². The lowest BCUT2D eigenvalue weighted by Gasteiger charge is -2.09. The first-order valence-corrected chi connectivity index (χ1v) is 4.74. The number of carbonyl (C=O) groups is 1. The number of nitrogens with zero attached hydrogens (tertiary/aromatic N) is 1.